The number of aromatic hydroxyl groups is 1. The molecule has 32 heavy (non-hydrogen) atoms. The zero-order chi connectivity index (χ0) is 23.5. The molecule has 0 saturated carbocycles. The highest BCUT2D eigenvalue weighted by Gasteiger charge is 2.41. The molecule has 1 aliphatic rings. The number of sulfone groups is 1. The maximum Gasteiger partial charge on any atom is 0.165 e. The van der Waals surface area contributed by atoms with Crippen molar-refractivity contribution in [3.05, 3.63) is 70.8 Å². The van der Waals surface area contributed by atoms with Gasteiger partial charge in [-0.3, -0.25) is 4.98 Å². The van der Waals surface area contributed by atoms with Crippen LogP contribution in [0, 0.1) is 11.7 Å². The normalized spacial score (nSPS) is 19.6. The van der Waals surface area contributed by atoms with Gasteiger partial charge in [0.05, 0.1) is 24.2 Å². The SMILES string of the molecule is CC(C)C1=C([C@H](O)CC/C(=C/c2ccc(O)c(F)c2)c2ccccn2)[C@H](CO)S(=O)(=O)C1. The van der Waals surface area contributed by atoms with Crippen LogP contribution in [-0.4, -0.2) is 52.4 Å². The lowest BCUT2D eigenvalue weighted by Crippen LogP contribution is -2.29. The molecule has 2 atom stereocenters. The summed E-state index contributed by atoms with van der Waals surface area (Å²) in [5, 5.41) is 29.0. The average molecular weight is 462 g/mol. The highest BCUT2D eigenvalue weighted by Crippen LogP contribution is 2.36. The Morgan fingerprint density at radius 3 is 2.62 bits per heavy atom. The summed E-state index contributed by atoms with van der Waals surface area (Å²) in [6.07, 6.45) is 2.85. The molecule has 172 valence electrons. The van der Waals surface area contributed by atoms with Gasteiger partial charge in [0.1, 0.15) is 5.25 Å². The molecule has 8 heteroatoms. The minimum atomic E-state index is -3.55. The minimum Gasteiger partial charge on any atom is -0.505 e. The second-order valence-electron chi connectivity index (χ2n) is 8.26. The molecule has 3 rings (SSSR count). The van der Waals surface area contributed by atoms with Crippen molar-refractivity contribution in [1.29, 1.82) is 0 Å². The van der Waals surface area contributed by atoms with Gasteiger partial charge in [-0.1, -0.05) is 26.0 Å². The maximum atomic E-state index is 13.8. The minimum absolute atomic E-state index is 0.0725. The van der Waals surface area contributed by atoms with Gasteiger partial charge in [0, 0.05) is 6.20 Å². The number of rotatable bonds is 8. The number of pyridine rings is 1. The molecule has 0 amide bonds. The van der Waals surface area contributed by atoms with Crippen molar-refractivity contribution in [1.82, 2.24) is 4.98 Å². The zero-order valence-corrected chi connectivity index (χ0v) is 18.9. The van der Waals surface area contributed by atoms with Crippen LogP contribution in [0.2, 0.25) is 0 Å². The van der Waals surface area contributed by atoms with Crippen LogP contribution < -0.4 is 0 Å². The molecule has 2 aromatic rings. The smallest absolute Gasteiger partial charge is 0.165 e. The van der Waals surface area contributed by atoms with E-state index in [1.54, 1.807) is 30.5 Å². The molecule has 1 aliphatic heterocycles. The van der Waals surface area contributed by atoms with E-state index in [0.29, 0.717) is 28.8 Å². The number of aliphatic hydroxyl groups is 2. The van der Waals surface area contributed by atoms with Gasteiger partial charge in [-0.05, 0) is 71.4 Å². The molecule has 0 saturated heterocycles. The van der Waals surface area contributed by atoms with E-state index in [-0.39, 0.29) is 18.1 Å². The fourth-order valence-electron chi connectivity index (χ4n) is 4.03. The van der Waals surface area contributed by atoms with E-state index in [4.69, 9.17) is 0 Å². The summed E-state index contributed by atoms with van der Waals surface area (Å²) < 4.78 is 38.8. The Morgan fingerprint density at radius 2 is 2.03 bits per heavy atom. The van der Waals surface area contributed by atoms with E-state index in [1.165, 1.54) is 12.1 Å². The number of aliphatic hydroxyl groups excluding tert-OH is 2. The van der Waals surface area contributed by atoms with Crippen LogP contribution in [0.5, 0.6) is 5.75 Å². The van der Waals surface area contributed by atoms with E-state index in [1.807, 2.05) is 19.9 Å². The number of hydrogen-bond donors (Lipinski definition) is 3. The maximum absolute atomic E-state index is 13.8. The van der Waals surface area contributed by atoms with Gasteiger partial charge >= 0.3 is 0 Å². The number of aromatic nitrogens is 1. The van der Waals surface area contributed by atoms with Crippen LogP contribution in [0.3, 0.4) is 0 Å². The van der Waals surface area contributed by atoms with Crippen molar-refractivity contribution in [2.75, 3.05) is 12.4 Å². The second kappa shape index (κ2) is 9.94. The fraction of sp³-hybridized carbons (Fsp3) is 0.375. The molecule has 0 aliphatic carbocycles. The van der Waals surface area contributed by atoms with Crippen molar-refractivity contribution in [3.8, 4) is 5.75 Å². The van der Waals surface area contributed by atoms with Crippen LogP contribution in [0.4, 0.5) is 4.39 Å². The third-order valence-electron chi connectivity index (χ3n) is 5.72. The number of halogens is 1. The van der Waals surface area contributed by atoms with Gasteiger partial charge in [0.2, 0.25) is 0 Å². The Morgan fingerprint density at radius 1 is 1.28 bits per heavy atom. The first-order valence-corrected chi connectivity index (χ1v) is 12.2. The molecule has 0 radical (unpaired) electrons. The van der Waals surface area contributed by atoms with Gasteiger partial charge in [-0.15, -0.1) is 0 Å². The topological polar surface area (TPSA) is 108 Å². The molecule has 1 aromatic carbocycles. The molecular weight excluding hydrogens is 433 g/mol. The van der Waals surface area contributed by atoms with Crippen LogP contribution in [0.25, 0.3) is 11.6 Å². The predicted molar refractivity (Wildman–Crippen MR) is 122 cm³/mol. The highest BCUT2D eigenvalue weighted by molar-refractivity contribution is 7.92. The van der Waals surface area contributed by atoms with Crippen molar-refractivity contribution < 1.29 is 28.1 Å². The molecule has 0 unspecified atom stereocenters. The van der Waals surface area contributed by atoms with Crippen LogP contribution in [0.15, 0.2) is 53.7 Å². The van der Waals surface area contributed by atoms with Gasteiger partial charge in [0.25, 0.3) is 0 Å². The molecule has 2 heterocycles. The number of nitrogens with zero attached hydrogens (tertiary/aromatic N) is 1. The number of hydrogen-bond acceptors (Lipinski definition) is 6. The molecule has 0 spiro atoms. The van der Waals surface area contributed by atoms with Crippen molar-refractivity contribution in [3.63, 3.8) is 0 Å². The summed E-state index contributed by atoms with van der Waals surface area (Å²) in [4.78, 5) is 4.35. The summed E-state index contributed by atoms with van der Waals surface area (Å²) in [6, 6.07) is 9.42. The van der Waals surface area contributed by atoms with Crippen molar-refractivity contribution in [2.45, 2.75) is 38.0 Å². The Bertz CT molecular complexity index is 1130. The summed E-state index contributed by atoms with van der Waals surface area (Å²) in [5.41, 5.74) is 2.93. The lowest BCUT2D eigenvalue weighted by Gasteiger charge is -2.20. The Kier molecular flexibility index (Phi) is 7.48. The van der Waals surface area contributed by atoms with Crippen LogP contribution >= 0.6 is 0 Å². The van der Waals surface area contributed by atoms with E-state index in [9.17, 15) is 28.1 Å². The number of benzene rings is 1. The molecule has 1 aromatic heterocycles. The second-order valence-corrected chi connectivity index (χ2v) is 10.4. The van der Waals surface area contributed by atoms with E-state index >= 15 is 0 Å². The quantitative estimate of drug-likeness (QED) is 0.521. The lowest BCUT2D eigenvalue weighted by molar-refractivity contribution is 0.189. The van der Waals surface area contributed by atoms with E-state index in [2.05, 4.69) is 4.98 Å². The Labute approximate surface area is 187 Å². The molecule has 3 N–H and O–H groups in total. The monoisotopic (exact) mass is 461 g/mol. The molecule has 6 nitrogen and oxygen atoms in total. The molecule has 0 bridgehead atoms. The van der Waals surface area contributed by atoms with Crippen molar-refractivity contribution >= 4 is 21.5 Å². The van der Waals surface area contributed by atoms with Crippen molar-refractivity contribution in [2.24, 2.45) is 5.92 Å². The summed E-state index contributed by atoms with van der Waals surface area (Å²) in [5.74, 6) is -1.41. The van der Waals surface area contributed by atoms with Gasteiger partial charge in [-0.2, -0.15) is 0 Å². The first kappa shape index (κ1) is 24.1. The number of phenols is 1. The van der Waals surface area contributed by atoms with Gasteiger partial charge < -0.3 is 15.3 Å². The predicted octanol–water partition coefficient (Wildman–Crippen LogP) is 3.35. The Hall–Kier alpha value is -2.55. The van der Waals surface area contributed by atoms with Crippen LogP contribution in [-0.2, 0) is 9.84 Å². The summed E-state index contributed by atoms with van der Waals surface area (Å²) in [7, 11) is -3.55. The highest BCUT2D eigenvalue weighted by atomic mass is 32.2. The summed E-state index contributed by atoms with van der Waals surface area (Å²) >= 11 is 0. The zero-order valence-electron chi connectivity index (χ0n) is 18.1. The average Bonchev–Trinajstić information content (AvgIpc) is 3.04. The molecule has 0 fully saturated rings. The van der Waals surface area contributed by atoms with E-state index in [0.717, 1.165) is 5.57 Å². The summed E-state index contributed by atoms with van der Waals surface area (Å²) in [6.45, 7) is 3.17. The Balaban J connectivity index is 1.91. The van der Waals surface area contributed by atoms with Crippen LogP contribution in [0.1, 0.15) is 37.9 Å². The lowest BCUT2D eigenvalue weighted by atomic mass is 9.90. The molecular formula is C24H28FNO5S. The van der Waals surface area contributed by atoms with Gasteiger partial charge in [0.15, 0.2) is 21.4 Å². The number of phenolic OH excluding ortho intramolecular Hbond substituents is 1. The third-order valence-corrected chi connectivity index (χ3v) is 7.71. The third kappa shape index (κ3) is 5.26. The number of allylic oxidation sites excluding steroid dienone is 1. The largest absolute Gasteiger partial charge is 0.505 e. The fourth-order valence-corrected chi connectivity index (χ4v) is 6.09. The first-order chi connectivity index (χ1) is 15.1. The first-order valence-electron chi connectivity index (χ1n) is 10.5. The van der Waals surface area contributed by atoms with E-state index < -0.39 is 39.4 Å². The standard InChI is InChI=1S/C24H28FNO5S/c1-15(2)18-14-32(30,31)23(13-27)24(18)22(29)9-7-17(20-5-3-4-10-26-20)11-16-6-8-21(28)19(25)12-16/h3-6,8,10-12,15,22-23,27-29H,7,9,13-14H2,1-2H3/b17-11-/t22-,23+/m1/s1. The van der Waals surface area contributed by atoms with Gasteiger partial charge in [-0.25, -0.2) is 12.8 Å².